The van der Waals surface area contributed by atoms with Gasteiger partial charge in [0.1, 0.15) is 5.82 Å². The van der Waals surface area contributed by atoms with Crippen molar-refractivity contribution in [2.45, 2.75) is 63.5 Å². The number of rotatable bonds is 6. The molecule has 184 valence electrons. The molecule has 2 aliphatic carbocycles. The third kappa shape index (κ3) is 5.25. The van der Waals surface area contributed by atoms with E-state index in [4.69, 9.17) is 16.6 Å². The lowest BCUT2D eigenvalue weighted by Crippen LogP contribution is -2.46. The summed E-state index contributed by atoms with van der Waals surface area (Å²) in [7, 11) is 4.15. The summed E-state index contributed by atoms with van der Waals surface area (Å²) < 4.78 is 0. The number of aromatic nitrogens is 1. The lowest BCUT2D eigenvalue weighted by atomic mass is 9.88. The molecule has 0 bridgehead atoms. The first-order chi connectivity index (χ1) is 17.0. The van der Waals surface area contributed by atoms with Crippen molar-refractivity contribution in [2.24, 2.45) is 5.92 Å². The topological polar surface area (TPSA) is 48.5 Å². The van der Waals surface area contributed by atoms with E-state index >= 15 is 0 Å². The van der Waals surface area contributed by atoms with Gasteiger partial charge in [-0.1, -0.05) is 42.6 Å². The molecule has 1 N–H and O–H groups in total. The number of para-hydroxylation sites is 1. The van der Waals surface area contributed by atoms with Crippen LogP contribution in [0.4, 0.5) is 17.2 Å². The number of nitrogens with one attached hydrogen (secondary N) is 1. The smallest absolute Gasteiger partial charge is 0.230 e. The molecule has 0 saturated heterocycles. The molecule has 0 radical (unpaired) electrons. The highest BCUT2D eigenvalue weighted by molar-refractivity contribution is 6.30. The highest BCUT2D eigenvalue weighted by atomic mass is 35.5. The minimum absolute atomic E-state index is 0.160. The largest absolute Gasteiger partial charge is 0.377 e. The van der Waals surface area contributed by atoms with E-state index < -0.39 is 0 Å². The van der Waals surface area contributed by atoms with Crippen LogP contribution in [0.2, 0.25) is 5.02 Å². The van der Waals surface area contributed by atoms with Crippen molar-refractivity contribution < 1.29 is 4.79 Å². The average Bonchev–Trinajstić information content (AvgIpc) is 3.41. The first kappa shape index (κ1) is 23.9. The minimum Gasteiger partial charge on any atom is -0.377 e. The molecule has 5 nitrogen and oxygen atoms in total. The number of amides is 1. The zero-order valence-electron chi connectivity index (χ0n) is 20.7. The number of carbonyl (C=O) groups is 1. The minimum atomic E-state index is 0.160. The standard InChI is InChI=1S/C29H35ClN4O/c1-33(2)27-19-28(32-26-10-6-5-9-25(26)27)31-22-13-17-24(18-14-22)34(23-15-11-21(30)12-16-23)29(35)20-7-3-4-8-20/h5-6,9-12,15-16,19-20,22,24H,3-4,7-8,13-14,17-18H2,1-2H3,(H,31,32)/t22-,24+. The van der Waals surface area contributed by atoms with E-state index in [1.54, 1.807) is 0 Å². The summed E-state index contributed by atoms with van der Waals surface area (Å²) in [4.78, 5) is 22.7. The number of benzene rings is 2. The highest BCUT2D eigenvalue weighted by Crippen LogP contribution is 2.35. The van der Waals surface area contributed by atoms with Crippen molar-refractivity contribution in [3.05, 3.63) is 59.6 Å². The van der Waals surface area contributed by atoms with Crippen molar-refractivity contribution in [1.82, 2.24) is 4.98 Å². The molecule has 1 aromatic heterocycles. The van der Waals surface area contributed by atoms with Crippen LogP contribution < -0.4 is 15.1 Å². The molecule has 6 heteroatoms. The van der Waals surface area contributed by atoms with Crippen LogP contribution in [-0.2, 0) is 4.79 Å². The van der Waals surface area contributed by atoms with Gasteiger partial charge in [-0.25, -0.2) is 4.98 Å². The second-order valence-corrected chi connectivity index (χ2v) is 10.7. The average molecular weight is 491 g/mol. The van der Waals surface area contributed by atoms with Crippen molar-refractivity contribution in [2.75, 3.05) is 29.2 Å². The molecule has 5 rings (SSSR count). The third-order valence-corrected chi connectivity index (χ3v) is 7.89. The number of hydrogen-bond donors (Lipinski definition) is 1. The molecule has 2 fully saturated rings. The number of fused-ring (bicyclic) bond motifs is 1. The molecular weight excluding hydrogens is 456 g/mol. The molecule has 2 saturated carbocycles. The Morgan fingerprint density at radius 1 is 0.943 bits per heavy atom. The van der Waals surface area contributed by atoms with E-state index in [0.29, 0.717) is 17.0 Å². The number of halogens is 1. The maximum Gasteiger partial charge on any atom is 0.230 e. The van der Waals surface area contributed by atoms with E-state index in [2.05, 4.69) is 53.5 Å². The zero-order valence-corrected chi connectivity index (χ0v) is 21.5. The van der Waals surface area contributed by atoms with Gasteiger partial charge >= 0.3 is 0 Å². The summed E-state index contributed by atoms with van der Waals surface area (Å²) in [5, 5.41) is 5.57. The summed E-state index contributed by atoms with van der Waals surface area (Å²) in [6, 6.07) is 18.8. The van der Waals surface area contributed by atoms with Crippen LogP contribution in [-0.4, -0.2) is 37.1 Å². The quantitative estimate of drug-likeness (QED) is 0.408. The monoisotopic (exact) mass is 490 g/mol. The normalized spacial score (nSPS) is 20.7. The van der Waals surface area contributed by atoms with Crippen LogP contribution in [0.1, 0.15) is 51.4 Å². The Bertz CT molecular complexity index is 1170. The van der Waals surface area contributed by atoms with Crippen molar-refractivity contribution in [3.63, 3.8) is 0 Å². The molecule has 1 heterocycles. The van der Waals surface area contributed by atoms with Crippen LogP contribution in [0, 0.1) is 5.92 Å². The molecule has 0 aliphatic heterocycles. The van der Waals surface area contributed by atoms with Crippen molar-refractivity contribution in [1.29, 1.82) is 0 Å². The Labute approximate surface area is 213 Å². The Balaban J connectivity index is 1.31. The summed E-state index contributed by atoms with van der Waals surface area (Å²) in [6.45, 7) is 0. The Morgan fingerprint density at radius 3 is 2.31 bits per heavy atom. The Hall–Kier alpha value is -2.79. The van der Waals surface area contributed by atoms with Gasteiger partial charge in [0.25, 0.3) is 0 Å². The van der Waals surface area contributed by atoms with Crippen LogP contribution in [0.25, 0.3) is 10.9 Å². The van der Waals surface area contributed by atoms with E-state index in [1.165, 1.54) is 5.69 Å². The van der Waals surface area contributed by atoms with Gasteiger partial charge in [-0.3, -0.25) is 4.79 Å². The zero-order chi connectivity index (χ0) is 24.4. The Kier molecular flexibility index (Phi) is 7.14. The van der Waals surface area contributed by atoms with Crippen LogP contribution >= 0.6 is 11.6 Å². The highest BCUT2D eigenvalue weighted by Gasteiger charge is 2.34. The fraction of sp³-hybridized carbons (Fsp3) is 0.448. The second kappa shape index (κ2) is 10.4. The van der Waals surface area contributed by atoms with Crippen molar-refractivity contribution in [3.8, 4) is 0 Å². The maximum absolute atomic E-state index is 13.6. The van der Waals surface area contributed by atoms with Crippen molar-refractivity contribution >= 4 is 45.6 Å². The molecule has 35 heavy (non-hydrogen) atoms. The Morgan fingerprint density at radius 2 is 1.63 bits per heavy atom. The summed E-state index contributed by atoms with van der Waals surface area (Å²) >= 11 is 6.15. The molecular formula is C29H35ClN4O. The summed E-state index contributed by atoms with van der Waals surface area (Å²) in [5.74, 6) is 1.38. The number of anilines is 3. The van der Waals surface area contributed by atoms with Gasteiger partial charge in [-0.15, -0.1) is 0 Å². The molecule has 3 aromatic rings. The van der Waals surface area contributed by atoms with Crippen LogP contribution in [0.3, 0.4) is 0 Å². The molecule has 0 atom stereocenters. The van der Waals surface area contributed by atoms with Gasteiger partial charge in [0.2, 0.25) is 5.91 Å². The number of carbonyl (C=O) groups excluding carboxylic acids is 1. The van der Waals surface area contributed by atoms with Crippen LogP contribution in [0.5, 0.6) is 0 Å². The van der Waals surface area contributed by atoms with Gasteiger partial charge in [0, 0.05) is 59.9 Å². The number of hydrogen-bond acceptors (Lipinski definition) is 4. The first-order valence-corrected chi connectivity index (χ1v) is 13.3. The molecule has 0 spiro atoms. The van der Waals surface area contributed by atoms with E-state index in [1.807, 2.05) is 30.3 Å². The van der Waals surface area contributed by atoms with Gasteiger partial charge in [-0.2, -0.15) is 0 Å². The van der Waals surface area contributed by atoms with Gasteiger partial charge in [0.15, 0.2) is 0 Å². The predicted molar refractivity (Wildman–Crippen MR) is 147 cm³/mol. The van der Waals surface area contributed by atoms with E-state index in [-0.39, 0.29) is 12.0 Å². The van der Waals surface area contributed by atoms with Crippen LogP contribution in [0.15, 0.2) is 54.6 Å². The molecule has 1 amide bonds. The summed E-state index contributed by atoms with van der Waals surface area (Å²) in [6.07, 6.45) is 8.34. The lowest BCUT2D eigenvalue weighted by molar-refractivity contribution is -0.122. The molecule has 2 aromatic carbocycles. The fourth-order valence-electron chi connectivity index (χ4n) is 5.78. The van der Waals surface area contributed by atoms with E-state index in [0.717, 1.165) is 73.8 Å². The lowest BCUT2D eigenvalue weighted by Gasteiger charge is -2.38. The number of nitrogens with zero attached hydrogens (tertiary/aromatic N) is 3. The van der Waals surface area contributed by atoms with Gasteiger partial charge < -0.3 is 15.1 Å². The predicted octanol–water partition coefficient (Wildman–Crippen LogP) is 6.90. The maximum atomic E-state index is 13.6. The van der Waals surface area contributed by atoms with E-state index in [9.17, 15) is 4.79 Å². The SMILES string of the molecule is CN(C)c1cc(N[C@H]2CC[C@@H](N(C(=O)C3CCCC3)c3ccc(Cl)cc3)CC2)nc2ccccc12. The van der Waals surface area contributed by atoms with Gasteiger partial charge in [-0.05, 0) is 68.9 Å². The number of pyridine rings is 1. The molecule has 0 unspecified atom stereocenters. The first-order valence-electron chi connectivity index (χ1n) is 12.9. The second-order valence-electron chi connectivity index (χ2n) is 10.3. The fourth-order valence-corrected chi connectivity index (χ4v) is 5.90. The molecule has 2 aliphatic rings. The van der Waals surface area contributed by atoms with Gasteiger partial charge in [0.05, 0.1) is 5.52 Å². The summed E-state index contributed by atoms with van der Waals surface area (Å²) in [5.41, 5.74) is 3.16. The third-order valence-electron chi connectivity index (χ3n) is 7.64.